The van der Waals surface area contributed by atoms with Crippen molar-refractivity contribution in [1.29, 1.82) is 0 Å². The molecule has 3 rings (SSSR count). The quantitative estimate of drug-likeness (QED) is 0.315. The van der Waals surface area contributed by atoms with E-state index in [0.29, 0.717) is 34.7 Å². The zero-order valence-corrected chi connectivity index (χ0v) is 21.6. The molecule has 2 aromatic rings. The maximum Gasteiger partial charge on any atom is 0.326 e. The van der Waals surface area contributed by atoms with Gasteiger partial charge in [0.25, 0.3) is 11.8 Å². The number of nitrogens with two attached hydrogens (primary N) is 2. The maximum absolute atomic E-state index is 13.0. The normalized spacial score (nSPS) is 15.0. The number of rotatable bonds is 8. The topological polar surface area (TPSA) is 151 Å². The van der Waals surface area contributed by atoms with Crippen LogP contribution in [0.4, 0.5) is 0 Å². The van der Waals surface area contributed by atoms with Crippen molar-refractivity contribution in [3.8, 4) is 0 Å². The molecular formula is C24H26Cl3N5O4. The van der Waals surface area contributed by atoms with E-state index in [1.165, 1.54) is 6.20 Å². The molecule has 7 N–H and O–H groups in total. The van der Waals surface area contributed by atoms with Crippen LogP contribution in [0.5, 0.6) is 0 Å². The van der Waals surface area contributed by atoms with Gasteiger partial charge in [0.15, 0.2) is 0 Å². The Hall–Kier alpha value is -2.98. The van der Waals surface area contributed by atoms with Crippen molar-refractivity contribution in [2.24, 2.45) is 11.5 Å². The predicted molar refractivity (Wildman–Crippen MR) is 139 cm³/mol. The summed E-state index contributed by atoms with van der Waals surface area (Å²) >= 11 is 18.9. The van der Waals surface area contributed by atoms with Gasteiger partial charge >= 0.3 is 5.97 Å². The Morgan fingerprint density at radius 2 is 1.86 bits per heavy atom. The predicted octanol–water partition coefficient (Wildman–Crippen LogP) is 3.11. The van der Waals surface area contributed by atoms with Crippen molar-refractivity contribution in [3.63, 3.8) is 0 Å². The largest absolute Gasteiger partial charge is 0.480 e. The Balaban J connectivity index is 1.79. The van der Waals surface area contributed by atoms with E-state index in [1.807, 2.05) is 0 Å². The monoisotopic (exact) mass is 553 g/mol. The number of carboxylic acids is 1. The molecule has 0 bridgehead atoms. The summed E-state index contributed by atoms with van der Waals surface area (Å²) in [6.45, 7) is 2.32. The molecule has 2 aromatic carbocycles. The molecule has 0 aliphatic carbocycles. The Bertz CT molecular complexity index is 1200. The molecule has 0 fully saturated rings. The lowest BCUT2D eigenvalue weighted by atomic mass is 9.95. The van der Waals surface area contributed by atoms with Gasteiger partial charge in [0, 0.05) is 42.0 Å². The summed E-state index contributed by atoms with van der Waals surface area (Å²) in [5.74, 6) is -2.19. The van der Waals surface area contributed by atoms with Gasteiger partial charge in [-0.1, -0.05) is 34.8 Å². The third kappa shape index (κ3) is 6.61. The van der Waals surface area contributed by atoms with Gasteiger partial charge in [-0.05, 0) is 54.8 Å². The van der Waals surface area contributed by atoms with Crippen LogP contribution in [0.1, 0.15) is 45.2 Å². The average Bonchev–Trinajstić information content (AvgIpc) is 2.82. The molecule has 1 unspecified atom stereocenters. The van der Waals surface area contributed by atoms with Crippen LogP contribution in [0, 0.1) is 0 Å². The Morgan fingerprint density at radius 3 is 2.47 bits per heavy atom. The molecule has 0 saturated carbocycles. The van der Waals surface area contributed by atoms with E-state index in [0.717, 1.165) is 0 Å². The van der Waals surface area contributed by atoms with Crippen LogP contribution < -0.4 is 22.1 Å². The minimum atomic E-state index is -1.32. The van der Waals surface area contributed by atoms with Crippen molar-refractivity contribution in [2.75, 3.05) is 6.54 Å². The fourth-order valence-electron chi connectivity index (χ4n) is 3.77. The van der Waals surface area contributed by atoms with Crippen molar-refractivity contribution in [3.05, 3.63) is 79.6 Å². The first-order valence-electron chi connectivity index (χ1n) is 11.0. The minimum absolute atomic E-state index is 0.0305. The van der Waals surface area contributed by atoms with Gasteiger partial charge < -0.3 is 32.1 Å². The molecule has 36 heavy (non-hydrogen) atoms. The lowest BCUT2D eigenvalue weighted by molar-refractivity contribution is -0.139. The van der Waals surface area contributed by atoms with Crippen LogP contribution in [0.3, 0.4) is 0 Å². The van der Waals surface area contributed by atoms with Gasteiger partial charge in [-0.15, -0.1) is 0 Å². The zero-order chi connectivity index (χ0) is 26.6. The molecule has 2 amide bonds. The lowest BCUT2D eigenvalue weighted by Gasteiger charge is -2.30. The third-order valence-electron chi connectivity index (χ3n) is 5.59. The number of aliphatic carboxylic acids is 1. The van der Waals surface area contributed by atoms with Crippen LogP contribution in [0.15, 0.2) is 42.2 Å². The number of nitrogens with one attached hydrogen (secondary N) is 2. The number of halogens is 3. The van der Waals surface area contributed by atoms with Gasteiger partial charge in [-0.2, -0.15) is 0 Å². The fraction of sp³-hybridized carbons (Fsp3) is 0.292. The first kappa shape index (κ1) is 27.6. The standard InChI is InChI=1S/C24H26Cl3N5O4/c1-12(28)30-10-16(29)9-19(24(35)36)31-22(33)20-18(26)8-14-11-32(7-6-17(14)21(20)27)23(34)13-2-4-15(25)5-3-13/h2-5,8,10,12,19,30H,6-7,9,11,28-29H2,1H3,(H,31,33)(H,35,36)/b16-10-/t12?,19-/m0/s1. The molecule has 0 spiro atoms. The number of nitrogens with zero attached hydrogens (tertiary/aromatic N) is 1. The van der Waals surface area contributed by atoms with E-state index in [4.69, 9.17) is 46.3 Å². The number of amides is 2. The summed E-state index contributed by atoms with van der Waals surface area (Å²) in [4.78, 5) is 39.3. The van der Waals surface area contributed by atoms with E-state index in [-0.39, 0.29) is 46.3 Å². The van der Waals surface area contributed by atoms with Crippen molar-refractivity contribution < 1.29 is 19.5 Å². The molecule has 12 heteroatoms. The second kappa shape index (κ2) is 11.8. The summed E-state index contributed by atoms with van der Waals surface area (Å²) in [5.41, 5.74) is 13.5. The number of carbonyl (C=O) groups excluding carboxylic acids is 2. The van der Waals surface area contributed by atoms with E-state index in [2.05, 4.69) is 10.6 Å². The highest BCUT2D eigenvalue weighted by Gasteiger charge is 2.29. The van der Waals surface area contributed by atoms with Crippen LogP contribution in [-0.2, 0) is 17.8 Å². The molecular weight excluding hydrogens is 529 g/mol. The smallest absolute Gasteiger partial charge is 0.326 e. The summed E-state index contributed by atoms with van der Waals surface area (Å²) in [6, 6.07) is 6.86. The molecule has 1 aliphatic rings. The highest BCUT2D eigenvalue weighted by Crippen LogP contribution is 2.35. The highest BCUT2D eigenvalue weighted by atomic mass is 35.5. The van der Waals surface area contributed by atoms with Crippen molar-refractivity contribution in [2.45, 2.75) is 38.5 Å². The Labute approximate surface area is 223 Å². The van der Waals surface area contributed by atoms with Gasteiger partial charge in [-0.3, -0.25) is 9.59 Å². The zero-order valence-electron chi connectivity index (χ0n) is 19.4. The average molecular weight is 555 g/mol. The van der Waals surface area contributed by atoms with Crippen molar-refractivity contribution >= 4 is 52.6 Å². The SMILES string of the molecule is CC(N)N/C=C(\N)C[C@H](NC(=O)c1c(Cl)cc2c(c1Cl)CCN(C(=O)c1ccc(Cl)cc1)C2)C(=O)O. The summed E-state index contributed by atoms with van der Waals surface area (Å²) in [7, 11) is 0. The summed E-state index contributed by atoms with van der Waals surface area (Å²) < 4.78 is 0. The molecule has 192 valence electrons. The summed E-state index contributed by atoms with van der Waals surface area (Å²) in [5, 5.41) is 15.5. The number of hydrogen-bond donors (Lipinski definition) is 5. The number of benzene rings is 2. The Kier molecular flexibility index (Phi) is 9.08. The highest BCUT2D eigenvalue weighted by molar-refractivity contribution is 6.40. The van der Waals surface area contributed by atoms with Crippen LogP contribution in [-0.4, -0.2) is 46.5 Å². The second-order valence-corrected chi connectivity index (χ2v) is 9.63. The molecule has 1 heterocycles. The van der Waals surface area contributed by atoms with E-state index >= 15 is 0 Å². The van der Waals surface area contributed by atoms with E-state index < -0.39 is 17.9 Å². The van der Waals surface area contributed by atoms with Crippen LogP contribution in [0.2, 0.25) is 15.1 Å². The number of carbonyl (C=O) groups is 3. The molecule has 2 atom stereocenters. The minimum Gasteiger partial charge on any atom is -0.480 e. The summed E-state index contributed by atoms with van der Waals surface area (Å²) in [6.07, 6.45) is 1.24. The van der Waals surface area contributed by atoms with Crippen LogP contribution >= 0.6 is 34.8 Å². The first-order valence-corrected chi connectivity index (χ1v) is 12.2. The Morgan fingerprint density at radius 1 is 1.19 bits per heavy atom. The van der Waals surface area contributed by atoms with Crippen molar-refractivity contribution in [1.82, 2.24) is 15.5 Å². The van der Waals surface area contributed by atoms with Crippen LogP contribution in [0.25, 0.3) is 0 Å². The molecule has 0 radical (unpaired) electrons. The fourth-order valence-corrected chi connectivity index (χ4v) is 4.66. The maximum atomic E-state index is 13.0. The number of hydrogen-bond acceptors (Lipinski definition) is 6. The molecule has 9 nitrogen and oxygen atoms in total. The van der Waals surface area contributed by atoms with Gasteiger partial charge in [0.2, 0.25) is 0 Å². The number of carboxylic acid groups (broad SMARTS) is 1. The van der Waals surface area contributed by atoms with Gasteiger partial charge in [0.05, 0.1) is 21.8 Å². The first-order chi connectivity index (χ1) is 17.0. The van der Waals surface area contributed by atoms with Gasteiger partial charge in [-0.25, -0.2) is 4.79 Å². The van der Waals surface area contributed by atoms with E-state index in [9.17, 15) is 19.5 Å². The lowest BCUT2D eigenvalue weighted by Crippen LogP contribution is -2.42. The molecule has 0 saturated heterocycles. The van der Waals surface area contributed by atoms with Gasteiger partial charge in [0.1, 0.15) is 6.04 Å². The third-order valence-corrected chi connectivity index (χ3v) is 6.55. The second-order valence-electron chi connectivity index (χ2n) is 8.41. The number of fused-ring (bicyclic) bond motifs is 1. The van der Waals surface area contributed by atoms with E-state index in [1.54, 1.807) is 42.2 Å². The molecule has 0 aromatic heterocycles. The molecule has 1 aliphatic heterocycles.